The van der Waals surface area contributed by atoms with Gasteiger partial charge in [-0.1, -0.05) is 32.4 Å². The number of aromatic nitrogens is 4. The van der Waals surface area contributed by atoms with Crippen LogP contribution < -0.4 is 0 Å². The SMILES string of the molecule is CC.CCN(Cc1c(C)nc2n(/C=C(C)/N=C(C)/C=C/Cl)c3ncccc3n12)CC1CC1. The Kier molecular flexibility index (Phi) is 8.26. The number of fused-ring (bicyclic) bond motifs is 3. The van der Waals surface area contributed by atoms with Gasteiger partial charge in [0.25, 0.3) is 0 Å². The maximum atomic E-state index is 5.67. The Morgan fingerprint density at radius 3 is 2.72 bits per heavy atom. The minimum atomic E-state index is 0.845. The van der Waals surface area contributed by atoms with Gasteiger partial charge in [0, 0.05) is 36.7 Å². The highest BCUT2D eigenvalue weighted by Gasteiger charge is 2.25. The lowest BCUT2D eigenvalue weighted by molar-refractivity contribution is 0.264. The fourth-order valence-corrected chi connectivity index (χ4v) is 4.10. The van der Waals surface area contributed by atoms with E-state index in [2.05, 4.69) is 39.2 Å². The molecule has 0 N–H and O–H groups in total. The summed E-state index contributed by atoms with van der Waals surface area (Å²) in [5, 5.41) is 0. The van der Waals surface area contributed by atoms with E-state index in [1.807, 2.05) is 50.7 Å². The molecule has 0 spiro atoms. The monoisotopic (exact) mass is 454 g/mol. The molecule has 0 aromatic carbocycles. The fraction of sp³-hybridized carbons (Fsp3) is 0.480. The van der Waals surface area contributed by atoms with Crippen LogP contribution in [-0.2, 0) is 6.54 Å². The number of pyridine rings is 1. The lowest BCUT2D eigenvalue weighted by atomic mass is 10.3. The number of imidazole rings is 2. The van der Waals surface area contributed by atoms with Crippen molar-refractivity contribution in [1.82, 2.24) is 23.8 Å². The van der Waals surface area contributed by atoms with E-state index in [9.17, 15) is 0 Å². The van der Waals surface area contributed by atoms with Crippen LogP contribution in [0.4, 0.5) is 0 Å². The lowest BCUT2D eigenvalue weighted by Gasteiger charge is -2.20. The van der Waals surface area contributed by atoms with Gasteiger partial charge in [-0.2, -0.15) is 0 Å². The maximum Gasteiger partial charge on any atom is 0.220 e. The van der Waals surface area contributed by atoms with Crippen LogP contribution in [0.15, 0.2) is 40.6 Å². The molecule has 7 heteroatoms. The van der Waals surface area contributed by atoms with E-state index in [1.165, 1.54) is 30.6 Å². The molecule has 32 heavy (non-hydrogen) atoms. The van der Waals surface area contributed by atoms with Crippen LogP contribution in [-0.4, -0.2) is 42.6 Å². The zero-order valence-corrected chi connectivity index (χ0v) is 20.9. The molecule has 3 aromatic rings. The Balaban J connectivity index is 0.00000141. The van der Waals surface area contributed by atoms with E-state index in [4.69, 9.17) is 16.6 Å². The Bertz CT molecular complexity index is 1150. The molecule has 3 aromatic heterocycles. The molecule has 4 rings (SSSR count). The van der Waals surface area contributed by atoms with Crippen molar-refractivity contribution in [1.29, 1.82) is 0 Å². The Labute approximate surface area is 196 Å². The number of aryl methyl sites for hydroxylation is 1. The zero-order valence-electron chi connectivity index (χ0n) is 20.1. The first kappa shape index (κ1) is 24.2. The second-order valence-corrected chi connectivity index (χ2v) is 8.33. The molecule has 1 fully saturated rings. The molecule has 1 aliphatic carbocycles. The summed E-state index contributed by atoms with van der Waals surface area (Å²) >= 11 is 5.67. The number of rotatable bonds is 8. The van der Waals surface area contributed by atoms with Gasteiger partial charge < -0.3 is 0 Å². The Morgan fingerprint density at radius 2 is 2.06 bits per heavy atom. The standard InChI is InChI=1S/C23H29ClN6.C2H6/c1-5-28(14-19-8-9-19)15-21-18(4)27-23-29(13-17(3)26-16(2)10-11-24)22-20(30(21)23)7-6-12-25-22;1-2/h6-7,10-13,19H,5,8-9,14-15H2,1-4H3;1-2H3/b11-10+,17-13+,26-16+;. The quantitative estimate of drug-likeness (QED) is 0.376. The summed E-state index contributed by atoms with van der Waals surface area (Å²) in [5.74, 6) is 1.74. The molecule has 0 unspecified atom stereocenters. The van der Waals surface area contributed by atoms with Gasteiger partial charge in [0.05, 0.1) is 22.6 Å². The van der Waals surface area contributed by atoms with Gasteiger partial charge in [0.15, 0.2) is 5.65 Å². The number of hydrogen-bond acceptors (Lipinski definition) is 4. The van der Waals surface area contributed by atoms with Gasteiger partial charge in [-0.15, -0.1) is 0 Å². The smallest absolute Gasteiger partial charge is 0.220 e. The molecule has 6 nitrogen and oxygen atoms in total. The average molecular weight is 455 g/mol. The molecule has 0 radical (unpaired) electrons. The molecule has 0 bridgehead atoms. The van der Waals surface area contributed by atoms with E-state index < -0.39 is 0 Å². The molecule has 1 saturated carbocycles. The first-order valence-corrected chi connectivity index (χ1v) is 12.0. The van der Waals surface area contributed by atoms with Crippen molar-refractivity contribution in [2.45, 2.75) is 60.9 Å². The minimum Gasteiger partial charge on any atom is -0.298 e. The summed E-state index contributed by atoms with van der Waals surface area (Å²) in [5.41, 5.74) is 7.43. The summed E-state index contributed by atoms with van der Waals surface area (Å²) in [6, 6.07) is 4.10. The second-order valence-electron chi connectivity index (χ2n) is 8.08. The van der Waals surface area contributed by atoms with Crippen molar-refractivity contribution < 1.29 is 0 Å². The van der Waals surface area contributed by atoms with Crippen LogP contribution in [0, 0.1) is 12.8 Å². The van der Waals surface area contributed by atoms with E-state index in [0.29, 0.717) is 0 Å². The Hall–Kier alpha value is -2.44. The molecule has 1 aliphatic rings. The van der Waals surface area contributed by atoms with E-state index in [0.717, 1.165) is 53.1 Å². The number of aliphatic imine (C=N–C) groups is 1. The van der Waals surface area contributed by atoms with Crippen LogP contribution in [0.3, 0.4) is 0 Å². The molecule has 0 saturated heterocycles. The van der Waals surface area contributed by atoms with Crippen molar-refractivity contribution >= 4 is 40.5 Å². The third-order valence-electron chi connectivity index (χ3n) is 5.61. The van der Waals surface area contributed by atoms with Crippen LogP contribution in [0.1, 0.15) is 58.8 Å². The largest absolute Gasteiger partial charge is 0.298 e. The third-order valence-corrected chi connectivity index (χ3v) is 5.74. The van der Waals surface area contributed by atoms with Crippen molar-refractivity contribution in [3.8, 4) is 0 Å². The van der Waals surface area contributed by atoms with Crippen LogP contribution in [0.25, 0.3) is 23.1 Å². The molecular weight excluding hydrogens is 420 g/mol. The molecule has 3 heterocycles. The first-order chi connectivity index (χ1) is 15.5. The van der Waals surface area contributed by atoms with Gasteiger partial charge in [-0.25, -0.2) is 9.97 Å². The maximum absolute atomic E-state index is 5.67. The zero-order chi connectivity index (χ0) is 23.3. The topological polar surface area (TPSA) is 50.7 Å². The molecule has 172 valence electrons. The van der Waals surface area contributed by atoms with Gasteiger partial charge in [-0.3, -0.25) is 18.9 Å². The van der Waals surface area contributed by atoms with Crippen molar-refractivity contribution in [3.63, 3.8) is 0 Å². The minimum absolute atomic E-state index is 0.845. The van der Waals surface area contributed by atoms with Crippen LogP contribution >= 0.6 is 11.6 Å². The highest BCUT2D eigenvalue weighted by atomic mass is 35.5. The predicted octanol–water partition coefficient (Wildman–Crippen LogP) is 6.28. The van der Waals surface area contributed by atoms with Crippen LogP contribution in [0.5, 0.6) is 0 Å². The summed E-state index contributed by atoms with van der Waals surface area (Å²) in [7, 11) is 0. The van der Waals surface area contributed by atoms with Crippen LogP contribution in [0.2, 0.25) is 0 Å². The van der Waals surface area contributed by atoms with Crippen molar-refractivity contribution in [2.75, 3.05) is 13.1 Å². The van der Waals surface area contributed by atoms with E-state index >= 15 is 0 Å². The summed E-state index contributed by atoms with van der Waals surface area (Å²) in [4.78, 5) is 16.7. The fourth-order valence-electron chi connectivity index (χ4n) is 3.91. The van der Waals surface area contributed by atoms with Gasteiger partial charge >= 0.3 is 0 Å². The third kappa shape index (κ3) is 5.30. The normalized spacial score (nSPS) is 15.2. The summed E-state index contributed by atoms with van der Waals surface area (Å²) in [6.07, 6.45) is 8.32. The summed E-state index contributed by atoms with van der Waals surface area (Å²) < 4.78 is 4.30. The molecule has 0 aliphatic heterocycles. The van der Waals surface area contributed by atoms with Gasteiger partial charge in [0.2, 0.25) is 5.78 Å². The molecular formula is C25H35ClN6. The highest BCUT2D eigenvalue weighted by molar-refractivity contribution is 6.27. The predicted molar refractivity (Wildman–Crippen MR) is 136 cm³/mol. The number of nitrogens with zero attached hydrogens (tertiary/aromatic N) is 6. The second kappa shape index (κ2) is 10.9. The highest BCUT2D eigenvalue weighted by Crippen LogP contribution is 2.31. The van der Waals surface area contributed by atoms with Gasteiger partial charge in [0.1, 0.15) is 0 Å². The molecule has 0 amide bonds. The Morgan fingerprint density at radius 1 is 1.31 bits per heavy atom. The van der Waals surface area contributed by atoms with E-state index in [1.54, 1.807) is 6.08 Å². The number of hydrogen-bond donors (Lipinski definition) is 0. The lowest BCUT2D eigenvalue weighted by Crippen LogP contribution is -2.26. The first-order valence-electron chi connectivity index (χ1n) is 11.6. The van der Waals surface area contributed by atoms with Gasteiger partial charge in [-0.05, 0) is 64.3 Å². The summed E-state index contributed by atoms with van der Waals surface area (Å²) in [6.45, 7) is 15.3. The van der Waals surface area contributed by atoms with E-state index in [-0.39, 0.29) is 0 Å². The number of allylic oxidation sites excluding steroid dienone is 2. The van der Waals surface area contributed by atoms with Crippen molar-refractivity contribution in [3.05, 3.63) is 47.0 Å². The average Bonchev–Trinajstić information content (AvgIpc) is 3.49. The molecule has 0 atom stereocenters. The van der Waals surface area contributed by atoms with Crippen molar-refractivity contribution in [2.24, 2.45) is 10.9 Å². The number of halogens is 1.